The lowest BCUT2D eigenvalue weighted by Crippen LogP contribution is -2.43. The number of hydrogen-bond acceptors (Lipinski definition) is 7. The molecule has 1 fully saturated rings. The minimum absolute atomic E-state index is 0.0163. The van der Waals surface area contributed by atoms with E-state index < -0.39 is 32.4 Å². The Morgan fingerprint density at radius 3 is 2.38 bits per heavy atom. The van der Waals surface area contributed by atoms with Gasteiger partial charge in [0.2, 0.25) is 10.0 Å². The molecule has 0 saturated carbocycles. The lowest BCUT2D eigenvalue weighted by molar-refractivity contribution is -0.385. The third kappa shape index (κ3) is 3.90. The molecule has 2 aromatic carbocycles. The van der Waals surface area contributed by atoms with Crippen LogP contribution in [0.15, 0.2) is 47.4 Å². The van der Waals surface area contributed by atoms with Gasteiger partial charge < -0.3 is 0 Å². The number of amides is 2. The van der Waals surface area contributed by atoms with Crippen molar-refractivity contribution >= 4 is 27.5 Å². The molecule has 2 aromatic rings. The summed E-state index contributed by atoms with van der Waals surface area (Å²) in [6, 6.07) is 10.6. The van der Waals surface area contributed by atoms with Crippen LogP contribution in [-0.2, 0) is 10.0 Å². The van der Waals surface area contributed by atoms with E-state index in [4.69, 9.17) is 0 Å². The Kier molecular flexibility index (Phi) is 5.80. The van der Waals surface area contributed by atoms with Gasteiger partial charge in [0.15, 0.2) is 0 Å². The predicted octanol–water partition coefficient (Wildman–Crippen LogP) is 1.85. The van der Waals surface area contributed by atoms with E-state index >= 15 is 0 Å². The Labute approximate surface area is 185 Å². The van der Waals surface area contributed by atoms with Gasteiger partial charge in [0.05, 0.1) is 22.1 Å². The number of carbonyl (C=O) groups is 2. The molecular weight excluding hydrogens is 436 g/mol. The fourth-order valence-electron chi connectivity index (χ4n) is 3.98. The first-order chi connectivity index (χ1) is 15.2. The number of carbonyl (C=O) groups excluding carboxylic acids is 2. The average molecular weight is 458 g/mol. The van der Waals surface area contributed by atoms with Gasteiger partial charge in [-0.1, -0.05) is 23.8 Å². The van der Waals surface area contributed by atoms with Gasteiger partial charge >= 0.3 is 0 Å². The number of aryl methyl sites for hydroxylation is 1. The number of fused-ring (bicyclic) bond motifs is 1. The Morgan fingerprint density at radius 2 is 1.69 bits per heavy atom. The van der Waals surface area contributed by atoms with Crippen LogP contribution >= 0.6 is 0 Å². The summed E-state index contributed by atoms with van der Waals surface area (Å²) >= 11 is 0. The van der Waals surface area contributed by atoms with Crippen LogP contribution in [0, 0.1) is 17.0 Å². The summed E-state index contributed by atoms with van der Waals surface area (Å²) in [5.74, 6) is -1.28. The number of sulfonamides is 1. The molecule has 1 saturated heterocycles. The Hall–Kier alpha value is -3.15. The molecule has 2 aliphatic heterocycles. The van der Waals surface area contributed by atoms with Crippen molar-refractivity contribution in [3.63, 3.8) is 0 Å². The van der Waals surface area contributed by atoms with Crippen molar-refractivity contribution in [3.05, 3.63) is 69.3 Å². The number of hydrogen-bond donors (Lipinski definition) is 0. The highest BCUT2D eigenvalue weighted by atomic mass is 32.2. The molecule has 0 spiro atoms. The maximum absolute atomic E-state index is 13.0. The van der Waals surface area contributed by atoms with Gasteiger partial charge in [0.1, 0.15) is 5.56 Å². The molecule has 0 radical (unpaired) electrons. The molecule has 32 heavy (non-hydrogen) atoms. The lowest BCUT2D eigenvalue weighted by Gasteiger charge is -2.25. The predicted molar refractivity (Wildman–Crippen MR) is 115 cm³/mol. The molecule has 0 bridgehead atoms. The van der Waals surface area contributed by atoms with Crippen LogP contribution in [0.4, 0.5) is 5.69 Å². The smallest absolute Gasteiger partial charge is 0.282 e. The van der Waals surface area contributed by atoms with Gasteiger partial charge in [-0.3, -0.25) is 29.5 Å². The zero-order chi connectivity index (χ0) is 23.0. The van der Waals surface area contributed by atoms with E-state index in [0.717, 1.165) is 10.5 Å². The second kappa shape index (κ2) is 8.41. The number of benzene rings is 2. The molecule has 0 aliphatic carbocycles. The molecule has 2 aliphatic rings. The van der Waals surface area contributed by atoms with Gasteiger partial charge in [-0.25, -0.2) is 8.42 Å². The Balaban J connectivity index is 1.47. The number of nitro groups is 1. The molecule has 0 unspecified atom stereocenters. The standard InChI is InChI=1S/C21H22N4O6S/c1-15-6-8-16(9-7-15)32(30,31)23-11-3-10-22(12-13-23)14-24-20(26)17-4-2-5-18(25(28)29)19(17)21(24)27/h2,4-9H,3,10-14H2,1H3. The zero-order valence-electron chi connectivity index (χ0n) is 17.4. The molecule has 4 rings (SSSR count). The van der Waals surface area contributed by atoms with E-state index in [1.165, 1.54) is 22.5 Å². The lowest BCUT2D eigenvalue weighted by atomic mass is 10.1. The summed E-state index contributed by atoms with van der Waals surface area (Å²) in [7, 11) is -3.65. The molecule has 2 heterocycles. The molecule has 0 aromatic heterocycles. The van der Waals surface area contributed by atoms with E-state index in [0.29, 0.717) is 26.1 Å². The highest BCUT2D eigenvalue weighted by molar-refractivity contribution is 7.89. The van der Waals surface area contributed by atoms with Gasteiger partial charge in [0, 0.05) is 32.2 Å². The first kappa shape index (κ1) is 22.1. The Bertz CT molecular complexity index is 1200. The molecule has 10 nitrogen and oxygen atoms in total. The van der Waals surface area contributed by atoms with Crippen LogP contribution in [0.25, 0.3) is 0 Å². The summed E-state index contributed by atoms with van der Waals surface area (Å²) < 4.78 is 27.4. The largest absolute Gasteiger partial charge is 0.284 e. The maximum atomic E-state index is 13.0. The highest BCUT2D eigenvalue weighted by Gasteiger charge is 2.41. The summed E-state index contributed by atoms with van der Waals surface area (Å²) in [6.07, 6.45) is 0.522. The monoisotopic (exact) mass is 458 g/mol. The average Bonchev–Trinajstić information content (AvgIpc) is 2.92. The number of imide groups is 1. The minimum Gasteiger partial charge on any atom is -0.284 e. The van der Waals surface area contributed by atoms with Gasteiger partial charge in [-0.2, -0.15) is 4.31 Å². The number of nitro benzene ring substituents is 1. The highest BCUT2D eigenvalue weighted by Crippen LogP contribution is 2.31. The van der Waals surface area contributed by atoms with Crippen molar-refractivity contribution in [1.29, 1.82) is 0 Å². The van der Waals surface area contributed by atoms with Gasteiger partial charge in [0.25, 0.3) is 17.5 Å². The molecule has 168 valence electrons. The summed E-state index contributed by atoms with van der Waals surface area (Å²) in [5, 5.41) is 11.3. The fourth-order valence-corrected chi connectivity index (χ4v) is 5.45. The van der Waals surface area contributed by atoms with Crippen molar-refractivity contribution in [2.45, 2.75) is 18.2 Å². The fraction of sp³-hybridized carbons (Fsp3) is 0.333. The van der Waals surface area contributed by atoms with Crippen molar-refractivity contribution in [3.8, 4) is 0 Å². The normalized spacial score (nSPS) is 18.0. The second-order valence-corrected chi connectivity index (χ2v) is 9.76. The van der Waals surface area contributed by atoms with Crippen LogP contribution in [0.2, 0.25) is 0 Å². The summed E-state index contributed by atoms with van der Waals surface area (Å²) in [4.78, 5) is 39.2. The van der Waals surface area contributed by atoms with Crippen molar-refractivity contribution in [2.75, 3.05) is 32.8 Å². The zero-order valence-corrected chi connectivity index (χ0v) is 18.2. The third-order valence-electron chi connectivity index (χ3n) is 5.72. The topological polar surface area (TPSA) is 121 Å². The second-order valence-electron chi connectivity index (χ2n) is 7.83. The van der Waals surface area contributed by atoms with Crippen molar-refractivity contribution in [1.82, 2.24) is 14.1 Å². The van der Waals surface area contributed by atoms with Crippen LogP contribution in [-0.4, -0.2) is 72.1 Å². The maximum Gasteiger partial charge on any atom is 0.282 e. The summed E-state index contributed by atoms with van der Waals surface area (Å²) in [5.41, 5.74) is 0.394. The first-order valence-electron chi connectivity index (χ1n) is 10.1. The van der Waals surface area contributed by atoms with Crippen molar-refractivity contribution in [2.24, 2.45) is 0 Å². The van der Waals surface area contributed by atoms with E-state index in [2.05, 4.69) is 0 Å². The van der Waals surface area contributed by atoms with E-state index in [1.54, 1.807) is 24.3 Å². The first-order valence-corrected chi connectivity index (χ1v) is 11.6. The minimum atomic E-state index is -3.65. The van der Waals surface area contributed by atoms with Crippen LogP contribution in [0.5, 0.6) is 0 Å². The van der Waals surface area contributed by atoms with Crippen LogP contribution < -0.4 is 0 Å². The van der Waals surface area contributed by atoms with Crippen LogP contribution in [0.3, 0.4) is 0 Å². The quantitative estimate of drug-likeness (QED) is 0.381. The molecule has 0 N–H and O–H groups in total. The number of rotatable bonds is 5. The van der Waals surface area contributed by atoms with Gasteiger partial charge in [-0.05, 0) is 31.5 Å². The summed E-state index contributed by atoms with van der Waals surface area (Å²) in [6.45, 7) is 3.16. The number of nitrogens with zero attached hydrogens (tertiary/aromatic N) is 4. The van der Waals surface area contributed by atoms with Crippen molar-refractivity contribution < 1.29 is 22.9 Å². The molecule has 0 atom stereocenters. The SMILES string of the molecule is Cc1ccc(S(=O)(=O)N2CCCN(CN3C(=O)c4cccc([N+](=O)[O-])c4C3=O)CC2)cc1. The Morgan fingerprint density at radius 1 is 0.969 bits per heavy atom. The van der Waals surface area contributed by atoms with Crippen LogP contribution in [0.1, 0.15) is 32.7 Å². The molecule has 11 heteroatoms. The molecule has 2 amide bonds. The van der Waals surface area contributed by atoms with E-state index in [1.807, 2.05) is 11.8 Å². The molecular formula is C21H22N4O6S. The van der Waals surface area contributed by atoms with E-state index in [9.17, 15) is 28.1 Å². The third-order valence-corrected chi connectivity index (χ3v) is 7.63. The van der Waals surface area contributed by atoms with Gasteiger partial charge in [-0.15, -0.1) is 0 Å². The van der Waals surface area contributed by atoms with E-state index in [-0.39, 0.29) is 29.2 Å².